The zero-order chi connectivity index (χ0) is 11.1. The van der Waals surface area contributed by atoms with Crippen molar-refractivity contribution in [2.75, 3.05) is 6.54 Å². The minimum absolute atomic E-state index is 0.886. The highest BCUT2D eigenvalue weighted by atomic mass is 15.3. The third-order valence-corrected chi connectivity index (χ3v) is 3.38. The molecule has 16 heavy (non-hydrogen) atoms. The van der Waals surface area contributed by atoms with Crippen LogP contribution in [-0.4, -0.2) is 6.54 Å². The van der Waals surface area contributed by atoms with Crippen molar-refractivity contribution in [3.8, 4) is 0 Å². The van der Waals surface area contributed by atoms with Gasteiger partial charge in [-0.3, -0.25) is 10.9 Å². The molecule has 0 aliphatic heterocycles. The van der Waals surface area contributed by atoms with Crippen molar-refractivity contribution in [1.29, 1.82) is 0 Å². The fourth-order valence-corrected chi connectivity index (χ4v) is 2.37. The van der Waals surface area contributed by atoms with Crippen molar-refractivity contribution in [3.63, 3.8) is 0 Å². The molecular formula is C14H22N2. The highest BCUT2D eigenvalue weighted by molar-refractivity contribution is 5.13. The van der Waals surface area contributed by atoms with Crippen LogP contribution in [0.25, 0.3) is 0 Å². The van der Waals surface area contributed by atoms with Crippen LogP contribution in [0.15, 0.2) is 30.3 Å². The van der Waals surface area contributed by atoms with E-state index < -0.39 is 0 Å². The predicted octanol–water partition coefficient (Wildman–Crippen LogP) is 2.86. The summed E-state index contributed by atoms with van der Waals surface area (Å²) < 4.78 is 0. The molecule has 2 rings (SSSR count). The summed E-state index contributed by atoms with van der Waals surface area (Å²) in [5.41, 5.74) is 7.98. The minimum atomic E-state index is 0.886. The fraction of sp³-hybridized carbons (Fsp3) is 0.571. The molecule has 0 atom stereocenters. The topological polar surface area (TPSA) is 24.1 Å². The van der Waals surface area contributed by atoms with Gasteiger partial charge in [-0.25, -0.2) is 0 Å². The summed E-state index contributed by atoms with van der Waals surface area (Å²) in [6.45, 7) is 2.03. The van der Waals surface area contributed by atoms with Crippen molar-refractivity contribution >= 4 is 0 Å². The van der Waals surface area contributed by atoms with Crippen LogP contribution in [0.2, 0.25) is 0 Å². The summed E-state index contributed by atoms with van der Waals surface area (Å²) in [5.74, 6) is 0.886. The first-order valence-electron chi connectivity index (χ1n) is 6.45. The molecular weight excluding hydrogens is 196 g/mol. The number of hydrogen-bond donors (Lipinski definition) is 2. The van der Waals surface area contributed by atoms with Gasteiger partial charge in [0.2, 0.25) is 0 Å². The fourth-order valence-electron chi connectivity index (χ4n) is 2.37. The van der Waals surface area contributed by atoms with Gasteiger partial charge in [-0.15, -0.1) is 0 Å². The molecule has 0 saturated heterocycles. The van der Waals surface area contributed by atoms with Crippen LogP contribution in [0.4, 0.5) is 0 Å². The second kappa shape index (κ2) is 6.66. The Morgan fingerprint density at radius 1 is 0.938 bits per heavy atom. The number of hydrazine groups is 1. The Morgan fingerprint density at radius 2 is 1.69 bits per heavy atom. The molecule has 2 heteroatoms. The molecule has 1 aliphatic rings. The van der Waals surface area contributed by atoms with Gasteiger partial charge < -0.3 is 0 Å². The molecule has 0 bridgehead atoms. The van der Waals surface area contributed by atoms with Gasteiger partial charge in [-0.1, -0.05) is 49.6 Å². The lowest BCUT2D eigenvalue weighted by molar-refractivity contribution is 0.325. The standard InChI is InChI=1S/C14H22N2/c1-3-7-13(8-4-1)11-15-16-12-14-9-5-2-6-10-14/h1,3-4,7-8,14-16H,2,5-6,9-12H2. The molecule has 0 radical (unpaired) electrons. The van der Waals surface area contributed by atoms with E-state index in [4.69, 9.17) is 0 Å². The first-order chi connectivity index (χ1) is 7.95. The third kappa shape index (κ3) is 3.95. The van der Waals surface area contributed by atoms with E-state index in [0.29, 0.717) is 0 Å². The number of hydrogen-bond acceptors (Lipinski definition) is 2. The summed E-state index contributed by atoms with van der Waals surface area (Å²) in [5, 5.41) is 0. The Balaban J connectivity index is 1.58. The van der Waals surface area contributed by atoms with Gasteiger partial charge in [0.05, 0.1) is 0 Å². The van der Waals surface area contributed by atoms with Gasteiger partial charge in [0.15, 0.2) is 0 Å². The molecule has 0 spiro atoms. The first kappa shape index (κ1) is 11.6. The van der Waals surface area contributed by atoms with Crippen LogP contribution in [0.5, 0.6) is 0 Å². The molecule has 1 saturated carbocycles. The average molecular weight is 218 g/mol. The molecule has 1 aromatic carbocycles. The smallest absolute Gasteiger partial charge is 0.0351 e. The highest BCUT2D eigenvalue weighted by Crippen LogP contribution is 2.22. The van der Waals surface area contributed by atoms with Crippen LogP contribution < -0.4 is 10.9 Å². The quantitative estimate of drug-likeness (QED) is 0.586. The predicted molar refractivity (Wildman–Crippen MR) is 67.9 cm³/mol. The Kier molecular flexibility index (Phi) is 4.84. The maximum Gasteiger partial charge on any atom is 0.0351 e. The van der Waals surface area contributed by atoms with E-state index >= 15 is 0 Å². The van der Waals surface area contributed by atoms with E-state index in [1.165, 1.54) is 37.7 Å². The highest BCUT2D eigenvalue weighted by Gasteiger charge is 2.12. The zero-order valence-corrected chi connectivity index (χ0v) is 9.91. The summed E-state index contributed by atoms with van der Waals surface area (Å²) >= 11 is 0. The SMILES string of the molecule is c1ccc(CNNCC2CCCCC2)cc1. The molecule has 1 aliphatic carbocycles. The van der Waals surface area contributed by atoms with Crippen molar-refractivity contribution in [2.24, 2.45) is 5.92 Å². The van der Waals surface area contributed by atoms with Crippen LogP contribution in [0, 0.1) is 5.92 Å². The maximum absolute atomic E-state index is 3.35. The maximum atomic E-state index is 3.35. The van der Waals surface area contributed by atoms with Gasteiger partial charge in [-0.2, -0.15) is 0 Å². The summed E-state index contributed by atoms with van der Waals surface area (Å²) in [6.07, 6.45) is 7.09. The van der Waals surface area contributed by atoms with Gasteiger partial charge in [-0.05, 0) is 24.3 Å². The first-order valence-corrected chi connectivity index (χ1v) is 6.45. The van der Waals surface area contributed by atoms with Crippen LogP contribution in [-0.2, 0) is 6.54 Å². The molecule has 0 aromatic heterocycles. The average Bonchev–Trinajstić information content (AvgIpc) is 2.37. The van der Waals surface area contributed by atoms with Gasteiger partial charge >= 0.3 is 0 Å². The second-order valence-corrected chi connectivity index (χ2v) is 4.72. The monoisotopic (exact) mass is 218 g/mol. The molecule has 2 nitrogen and oxygen atoms in total. The lowest BCUT2D eigenvalue weighted by atomic mass is 9.89. The summed E-state index contributed by atoms with van der Waals surface area (Å²) in [6, 6.07) is 10.5. The Bertz CT molecular complexity index is 278. The van der Waals surface area contributed by atoms with E-state index in [1.54, 1.807) is 0 Å². The van der Waals surface area contributed by atoms with E-state index in [1.807, 2.05) is 0 Å². The molecule has 1 aromatic rings. The summed E-state index contributed by atoms with van der Waals surface area (Å²) in [4.78, 5) is 0. The normalized spacial score (nSPS) is 17.5. The number of nitrogens with one attached hydrogen (secondary N) is 2. The van der Waals surface area contributed by atoms with Crippen molar-refractivity contribution in [1.82, 2.24) is 10.9 Å². The van der Waals surface area contributed by atoms with Crippen molar-refractivity contribution in [2.45, 2.75) is 38.6 Å². The van der Waals surface area contributed by atoms with E-state index in [2.05, 4.69) is 41.2 Å². The van der Waals surface area contributed by atoms with Crippen molar-refractivity contribution in [3.05, 3.63) is 35.9 Å². The number of benzene rings is 1. The van der Waals surface area contributed by atoms with Gasteiger partial charge in [0.1, 0.15) is 0 Å². The van der Waals surface area contributed by atoms with Crippen LogP contribution >= 0.6 is 0 Å². The lowest BCUT2D eigenvalue weighted by Crippen LogP contribution is -2.35. The third-order valence-electron chi connectivity index (χ3n) is 3.38. The number of rotatable bonds is 5. The molecule has 0 amide bonds. The van der Waals surface area contributed by atoms with Crippen LogP contribution in [0.1, 0.15) is 37.7 Å². The minimum Gasteiger partial charge on any atom is -0.257 e. The largest absolute Gasteiger partial charge is 0.257 e. The summed E-state index contributed by atoms with van der Waals surface area (Å²) in [7, 11) is 0. The van der Waals surface area contributed by atoms with Crippen LogP contribution in [0.3, 0.4) is 0 Å². The van der Waals surface area contributed by atoms with E-state index in [0.717, 1.165) is 19.0 Å². The second-order valence-electron chi connectivity index (χ2n) is 4.72. The van der Waals surface area contributed by atoms with E-state index in [9.17, 15) is 0 Å². The molecule has 0 unspecified atom stereocenters. The van der Waals surface area contributed by atoms with Gasteiger partial charge in [0, 0.05) is 13.1 Å². The molecule has 0 heterocycles. The lowest BCUT2D eigenvalue weighted by Gasteiger charge is -2.21. The Hall–Kier alpha value is -0.860. The van der Waals surface area contributed by atoms with Gasteiger partial charge in [0.25, 0.3) is 0 Å². The van der Waals surface area contributed by atoms with E-state index in [-0.39, 0.29) is 0 Å². The molecule has 2 N–H and O–H groups in total. The zero-order valence-electron chi connectivity index (χ0n) is 9.91. The van der Waals surface area contributed by atoms with Crippen molar-refractivity contribution < 1.29 is 0 Å². The Morgan fingerprint density at radius 3 is 2.44 bits per heavy atom. The Labute approximate surface area is 98.4 Å². The molecule has 1 fully saturated rings. The molecule has 88 valence electrons.